The van der Waals surface area contributed by atoms with Gasteiger partial charge in [-0.05, 0) is 10.4 Å². The van der Waals surface area contributed by atoms with Crippen molar-refractivity contribution in [1.82, 2.24) is 29.8 Å². The number of aryl methyl sites for hydroxylation is 1. The second-order valence-corrected chi connectivity index (χ2v) is 3.35. The molecule has 0 amide bonds. The van der Waals surface area contributed by atoms with E-state index in [2.05, 4.69) is 25.8 Å². The quantitative estimate of drug-likeness (QED) is 0.701. The van der Waals surface area contributed by atoms with Crippen LogP contribution in [0.1, 0.15) is 10.5 Å². The van der Waals surface area contributed by atoms with Crippen molar-refractivity contribution in [2.75, 3.05) is 11.9 Å². The molecule has 2 aromatic rings. The lowest BCUT2D eigenvalue weighted by Gasteiger charge is -2.03. The fourth-order valence-electron chi connectivity index (χ4n) is 1.27. The molecule has 0 spiro atoms. The average Bonchev–Trinajstić information content (AvgIpc) is 2.89. The average molecular weight is 237 g/mol. The minimum absolute atomic E-state index is 0.0327. The number of aromatic nitrogens is 6. The summed E-state index contributed by atoms with van der Waals surface area (Å²) in [7, 11) is 1.72. The van der Waals surface area contributed by atoms with E-state index in [1.54, 1.807) is 11.6 Å². The second kappa shape index (κ2) is 4.60. The van der Waals surface area contributed by atoms with Gasteiger partial charge < -0.3 is 15.0 Å². The van der Waals surface area contributed by atoms with E-state index in [0.29, 0.717) is 19.0 Å². The zero-order valence-electron chi connectivity index (χ0n) is 9.11. The summed E-state index contributed by atoms with van der Waals surface area (Å²) < 4.78 is 3.19. The molecule has 2 rings (SSSR count). The zero-order valence-corrected chi connectivity index (χ0v) is 9.11. The van der Waals surface area contributed by atoms with Crippen LogP contribution in [0, 0.1) is 0 Å². The van der Waals surface area contributed by atoms with Crippen molar-refractivity contribution in [2.24, 2.45) is 7.05 Å². The van der Waals surface area contributed by atoms with E-state index >= 15 is 0 Å². The molecule has 0 unspecified atom stereocenters. The van der Waals surface area contributed by atoms with E-state index in [9.17, 15) is 4.79 Å². The van der Waals surface area contributed by atoms with Crippen LogP contribution >= 0.6 is 0 Å². The minimum atomic E-state index is -1.03. The Bertz CT molecular complexity index is 517. The Balaban J connectivity index is 1.86. The monoisotopic (exact) mass is 237 g/mol. The molecule has 0 bridgehead atoms. The van der Waals surface area contributed by atoms with Gasteiger partial charge in [-0.15, -0.1) is 0 Å². The standard InChI is InChI=1S/C8H11N7O2/c1-14-8(11-12-13-14)9-2-3-15-4-6(7(16)17)10-5-15/h4-5H,2-3H2,1H3,(H,16,17)(H,9,11,13). The van der Waals surface area contributed by atoms with Crippen LogP contribution in [0.3, 0.4) is 0 Å². The maximum atomic E-state index is 10.6. The summed E-state index contributed by atoms with van der Waals surface area (Å²) in [5.41, 5.74) is 0.0327. The maximum absolute atomic E-state index is 10.6. The topological polar surface area (TPSA) is 111 Å². The highest BCUT2D eigenvalue weighted by molar-refractivity contribution is 5.84. The number of rotatable bonds is 5. The van der Waals surface area contributed by atoms with Crippen LogP contribution < -0.4 is 5.32 Å². The normalized spacial score (nSPS) is 10.4. The fraction of sp³-hybridized carbons (Fsp3) is 0.375. The number of tetrazole rings is 1. The molecule has 0 saturated carbocycles. The van der Waals surface area contributed by atoms with E-state index in [1.807, 2.05) is 0 Å². The van der Waals surface area contributed by atoms with E-state index in [0.717, 1.165) is 0 Å². The maximum Gasteiger partial charge on any atom is 0.356 e. The van der Waals surface area contributed by atoms with Crippen LogP contribution in [0.4, 0.5) is 5.95 Å². The minimum Gasteiger partial charge on any atom is -0.476 e. The Hall–Kier alpha value is -2.45. The highest BCUT2D eigenvalue weighted by atomic mass is 16.4. The largest absolute Gasteiger partial charge is 0.476 e. The number of imidazole rings is 1. The molecule has 2 N–H and O–H groups in total. The summed E-state index contributed by atoms with van der Waals surface area (Å²) in [4.78, 5) is 14.3. The van der Waals surface area contributed by atoms with Gasteiger partial charge in [-0.25, -0.2) is 14.5 Å². The SMILES string of the molecule is Cn1nnnc1NCCn1cnc(C(=O)O)c1. The molecule has 0 radical (unpaired) electrons. The van der Waals surface area contributed by atoms with Crippen LogP contribution in [-0.4, -0.2) is 47.4 Å². The first-order chi connectivity index (χ1) is 8.16. The lowest BCUT2D eigenvalue weighted by Crippen LogP contribution is -2.12. The van der Waals surface area contributed by atoms with Gasteiger partial charge in [0.25, 0.3) is 0 Å². The predicted octanol–water partition coefficient (Wildman–Crippen LogP) is -0.783. The van der Waals surface area contributed by atoms with Gasteiger partial charge in [-0.3, -0.25) is 0 Å². The number of aromatic carboxylic acids is 1. The Morgan fingerprint density at radius 1 is 1.59 bits per heavy atom. The molecule has 2 aromatic heterocycles. The fourth-order valence-corrected chi connectivity index (χ4v) is 1.27. The van der Waals surface area contributed by atoms with Crippen molar-refractivity contribution in [3.63, 3.8) is 0 Å². The first kappa shape index (κ1) is 11.0. The molecule has 9 heteroatoms. The summed E-state index contributed by atoms with van der Waals surface area (Å²) in [6.07, 6.45) is 2.94. The molecule has 17 heavy (non-hydrogen) atoms. The first-order valence-electron chi connectivity index (χ1n) is 4.88. The number of carboxylic acids is 1. The molecule has 2 heterocycles. The molecule has 0 saturated heterocycles. The predicted molar refractivity (Wildman–Crippen MR) is 56.5 cm³/mol. The molecule has 0 aliphatic rings. The number of hydrogen-bond acceptors (Lipinski definition) is 6. The molecule has 0 aliphatic carbocycles. The van der Waals surface area contributed by atoms with E-state index in [-0.39, 0.29) is 5.69 Å². The van der Waals surface area contributed by atoms with Gasteiger partial charge in [0.15, 0.2) is 5.69 Å². The highest BCUT2D eigenvalue weighted by Crippen LogP contribution is 1.98. The van der Waals surface area contributed by atoms with Gasteiger partial charge >= 0.3 is 5.97 Å². The van der Waals surface area contributed by atoms with Crippen molar-refractivity contribution in [2.45, 2.75) is 6.54 Å². The Kier molecular flexibility index (Phi) is 2.99. The molecule has 0 aliphatic heterocycles. The summed E-state index contributed by atoms with van der Waals surface area (Å²) in [6, 6.07) is 0. The van der Waals surface area contributed by atoms with Gasteiger partial charge in [0.05, 0.1) is 6.33 Å². The van der Waals surface area contributed by atoms with Gasteiger partial charge in [-0.1, -0.05) is 5.10 Å². The zero-order chi connectivity index (χ0) is 12.3. The lowest BCUT2D eigenvalue weighted by atomic mass is 10.5. The van der Waals surface area contributed by atoms with Gasteiger partial charge in [0.2, 0.25) is 5.95 Å². The number of hydrogen-bond donors (Lipinski definition) is 2. The Morgan fingerprint density at radius 3 is 3.00 bits per heavy atom. The van der Waals surface area contributed by atoms with Crippen molar-refractivity contribution in [3.05, 3.63) is 18.2 Å². The smallest absolute Gasteiger partial charge is 0.356 e. The third-order valence-corrected chi connectivity index (χ3v) is 2.13. The van der Waals surface area contributed by atoms with Crippen LogP contribution in [0.25, 0.3) is 0 Å². The van der Waals surface area contributed by atoms with Crippen molar-refractivity contribution < 1.29 is 9.90 Å². The van der Waals surface area contributed by atoms with Crippen LogP contribution in [0.15, 0.2) is 12.5 Å². The molecule has 90 valence electrons. The summed E-state index contributed by atoms with van der Waals surface area (Å²) in [5.74, 6) is -0.474. The van der Waals surface area contributed by atoms with E-state index in [1.165, 1.54) is 17.2 Å². The van der Waals surface area contributed by atoms with E-state index in [4.69, 9.17) is 5.11 Å². The van der Waals surface area contributed by atoms with Gasteiger partial charge in [0.1, 0.15) is 0 Å². The highest BCUT2D eigenvalue weighted by Gasteiger charge is 2.06. The van der Waals surface area contributed by atoms with Gasteiger partial charge in [-0.2, -0.15) is 0 Å². The molecular formula is C8H11N7O2. The molecule has 0 atom stereocenters. The number of carbonyl (C=O) groups is 1. The summed E-state index contributed by atoms with van der Waals surface area (Å²) in [6.45, 7) is 1.15. The summed E-state index contributed by atoms with van der Waals surface area (Å²) in [5, 5.41) is 22.6. The number of nitrogens with one attached hydrogen (secondary N) is 1. The Labute approximate surface area is 96.1 Å². The number of carboxylic acid groups (broad SMARTS) is 1. The second-order valence-electron chi connectivity index (χ2n) is 3.35. The molecule has 0 fully saturated rings. The lowest BCUT2D eigenvalue weighted by molar-refractivity contribution is 0.0691. The van der Waals surface area contributed by atoms with Crippen molar-refractivity contribution in [3.8, 4) is 0 Å². The summed E-state index contributed by atoms with van der Waals surface area (Å²) >= 11 is 0. The Morgan fingerprint density at radius 2 is 2.41 bits per heavy atom. The van der Waals surface area contributed by atoms with Crippen molar-refractivity contribution in [1.29, 1.82) is 0 Å². The van der Waals surface area contributed by atoms with Crippen LogP contribution in [0.5, 0.6) is 0 Å². The van der Waals surface area contributed by atoms with Crippen LogP contribution in [0.2, 0.25) is 0 Å². The first-order valence-corrected chi connectivity index (χ1v) is 4.88. The van der Waals surface area contributed by atoms with Crippen LogP contribution in [-0.2, 0) is 13.6 Å². The number of anilines is 1. The van der Waals surface area contributed by atoms with E-state index < -0.39 is 5.97 Å². The molecule has 9 nitrogen and oxygen atoms in total. The third-order valence-electron chi connectivity index (χ3n) is 2.13. The van der Waals surface area contributed by atoms with Gasteiger partial charge in [0, 0.05) is 26.3 Å². The van der Waals surface area contributed by atoms with Crippen molar-refractivity contribution >= 4 is 11.9 Å². The number of nitrogens with zero attached hydrogens (tertiary/aromatic N) is 6. The third kappa shape index (κ3) is 2.56. The molecule has 0 aromatic carbocycles. The molecular weight excluding hydrogens is 226 g/mol.